The van der Waals surface area contributed by atoms with E-state index >= 15 is 0 Å². The molecular weight excluding hydrogens is 266 g/mol. The van der Waals surface area contributed by atoms with E-state index in [1.807, 2.05) is 7.05 Å². The molecule has 0 amide bonds. The summed E-state index contributed by atoms with van der Waals surface area (Å²) < 4.78 is 0. The van der Waals surface area contributed by atoms with Crippen molar-refractivity contribution < 1.29 is 0 Å². The lowest BCUT2D eigenvalue weighted by Gasteiger charge is -2.21. The molecule has 0 aliphatic carbocycles. The molecule has 0 aliphatic rings. The average Bonchev–Trinajstić information content (AvgIpc) is 2.35. The van der Waals surface area contributed by atoms with E-state index in [0.717, 1.165) is 10.6 Å². The van der Waals surface area contributed by atoms with Gasteiger partial charge < -0.3 is 5.32 Å². The molecule has 2 heteroatoms. The molecule has 2 aromatic carbocycles. The summed E-state index contributed by atoms with van der Waals surface area (Å²) in [4.78, 5) is 0. The van der Waals surface area contributed by atoms with Gasteiger partial charge in [-0.2, -0.15) is 0 Å². The first kappa shape index (κ1) is 15.1. The Morgan fingerprint density at radius 2 is 1.40 bits per heavy atom. The van der Waals surface area contributed by atoms with E-state index in [-0.39, 0.29) is 6.04 Å². The second-order valence-corrected chi connectivity index (χ2v) is 6.01. The van der Waals surface area contributed by atoms with Gasteiger partial charge >= 0.3 is 0 Å². The van der Waals surface area contributed by atoms with Crippen LogP contribution in [0.4, 0.5) is 0 Å². The third kappa shape index (κ3) is 3.05. The summed E-state index contributed by atoms with van der Waals surface area (Å²) in [5.41, 5.74) is 7.46. The Hall–Kier alpha value is -1.31. The highest BCUT2D eigenvalue weighted by Crippen LogP contribution is 2.31. The molecular formula is C18H22ClN. The minimum atomic E-state index is 0.125. The van der Waals surface area contributed by atoms with E-state index in [1.54, 1.807) is 0 Å². The van der Waals surface area contributed by atoms with E-state index in [1.165, 1.54) is 27.8 Å². The molecule has 0 aromatic heterocycles. The minimum Gasteiger partial charge on any atom is -0.309 e. The molecule has 0 saturated carbocycles. The Morgan fingerprint density at radius 3 is 1.95 bits per heavy atom. The minimum absolute atomic E-state index is 0.125. The fourth-order valence-corrected chi connectivity index (χ4v) is 3.03. The second kappa shape index (κ2) is 5.99. The van der Waals surface area contributed by atoms with Crippen LogP contribution in [0.15, 0.2) is 30.3 Å². The molecule has 0 spiro atoms. The maximum atomic E-state index is 6.46. The summed E-state index contributed by atoms with van der Waals surface area (Å²) in [5, 5.41) is 4.22. The molecule has 1 atom stereocenters. The topological polar surface area (TPSA) is 12.0 Å². The molecule has 0 radical (unpaired) electrons. The zero-order valence-corrected chi connectivity index (χ0v) is 13.6. The number of rotatable bonds is 3. The molecule has 0 heterocycles. The van der Waals surface area contributed by atoms with Crippen LogP contribution >= 0.6 is 11.6 Å². The highest BCUT2D eigenvalue weighted by Gasteiger charge is 2.16. The number of nitrogens with one attached hydrogen (secondary N) is 1. The lowest BCUT2D eigenvalue weighted by molar-refractivity contribution is 0.690. The number of benzene rings is 2. The van der Waals surface area contributed by atoms with Crippen molar-refractivity contribution in [2.45, 2.75) is 33.7 Å². The summed E-state index contributed by atoms with van der Waals surface area (Å²) in [7, 11) is 1.98. The SMILES string of the molecule is CNC(c1cc(C)cc(C)c1)c1cc(C)c(C)cc1Cl. The van der Waals surface area contributed by atoms with Crippen LogP contribution in [0, 0.1) is 27.7 Å². The van der Waals surface area contributed by atoms with E-state index in [4.69, 9.17) is 11.6 Å². The van der Waals surface area contributed by atoms with Crippen molar-refractivity contribution in [2.75, 3.05) is 7.05 Å². The molecule has 2 rings (SSSR count). The molecule has 1 N–H and O–H groups in total. The van der Waals surface area contributed by atoms with Gasteiger partial charge in [-0.3, -0.25) is 0 Å². The Balaban J connectivity index is 2.55. The quantitative estimate of drug-likeness (QED) is 0.848. The normalized spacial score (nSPS) is 12.5. The van der Waals surface area contributed by atoms with E-state index in [2.05, 4.69) is 63.3 Å². The van der Waals surface area contributed by atoms with E-state index < -0.39 is 0 Å². The van der Waals surface area contributed by atoms with Crippen LogP contribution in [-0.4, -0.2) is 7.05 Å². The summed E-state index contributed by atoms with van der Waals surface area (Å²) in [6.45, 7) is 8.48. The zero-order valence-electron chi connectivity index (χ0n) is 12.8. The molecule has 0 saturated heterocycles. The molecule has 1 unspecified atom stereocenters. The summed E-state index contributed by atoms with van der Waals surface area (Å²) in [6, 6.07) is 11.0. The van der Waals surface area contributed by atoms with E-state index in [9.17, 15) is 0 Å². The first-order valence-corrected chi connectivity index (χ1v) is 7.32. The third-order valence-corrected chi connectivity index (χ3v) is 4.12. The second-order valence-electron chi connectivity index (χ2n) is 5.60. The molecule has 106 valence electrons. The summed E-state index contributed by atoms with van der Waals surface area (Å²) in [6.07, 6.45) is 0. The van der Waals surface area contributed by atoms with Gasteiger partial charge in [-0.25, -0.2) is 0 Å². The summed E-state index contributed by atoms with van der Waals surface area (Å²) in [5.74, 6) is 0. The first-order valence-electron chi connectivity index (χ1n) is 6.94. The van der Waals surface area contributed by atoms with Crippen molar-refractivity contribution in [3.05, 3.63) is 68.7 Å². The molecule has 1 nitrogen and oxygen atoms in total. The summed E-state index contributed by atoms with van der Waals surface area (Å²) >= 11 is 6.46. The third-order valence-electron chi connectivity index (χ3n) is 3.79. The van der Waals surface area contributed by atoms with E-state index in [0.29, 0.717) is 0 Å². The van der Waals surface area contributed by atoms with Crippen LogP contribution in [0.1, 0.15) is 39.4 Å². The molecule has 0 fully saturated rings. The Bertz CT molecular complexity index is 611. The van der Waals surface area contributed by atoms with Crippen molar-refractivity contribution in [3.8, 4) is 0 Å². The van der Waals surface area contributed by atoms with Gasteiger partial charge in [-0.1, -0.05) is 47.0 Å². The van der Waals surface area contributed by atoms with Crippen LogP contribution < -0.4 is 5.32 Å². The maximum absolute atomic E-state index is 6.46. The van der Waals surface area contributed by atoms with Crippen molar-refractivity contribution >= 4 is 11.6 Å². The number of hydrogen-bond acceptors (Lipinski definition) is 1. The molecule has 0 aliphatic heterocycles. The van der Waals surface area contributed by atoms with Gasteiger partial charge in [0, 0.05) is 5.02 Å². The predicted molar refractivity (Wildman–Crippen MR) is 87.7 cm³/mol. The Morgan fingerprint density at radius 1 is 0.850 bits per heavy atom. The van der Waals surface area contributed by atoms with Crippen LogP contribution in [-0.2, 0) is 0 Å². The fraction of sp³-hybridized carbons (Fsp3) is 0.333. The van der Waals surface area contributed by atoms with Gasteiger partial charge in [0.05, 0.1) is 6.04 Å². The largest absolute Gasteiger partial charge is 0.309 e. The van der Waals surface area contributed by atoms with Crippen molar-refractivity contribution in [1.29, 1.82) is 0 Å². The standard InChI is InChI=1S/C18H22ClN/c1-11-6-12(2)8-15(7-11)18(20-5)16-9-13(3)14(4)10-17(16)19/h6-10,18,20H,1-5H3. The van der Waals surface area contributed by atoms with Gasteiger partial charge in [0.1, 0.15) is 0 Å². The van der Waals surface area contributed by atoms with Crippen LogP contribution in [0.25, 0.3) is 0 Å². The highest BCUT2D eigenvalue weighted by atomic mass is 35.5. The van der Waals surface area contributed by atoms with Crippen LogP contribution in [0.3, 0.4) is 0 Å². The van der Waals surface area contributed by atoms with Crippen molar-refractivity contribution in [2.24, 2.45) is 0 Å². The predicted octanol–water partition coefficient (Wildman–Crippen LogP) is 4.88. The van der Waals surface area contributed by atoms with Crippen molar-refractivity contribution in [3.63, 3.8) is 0 Å². The van der Waals surface area contributed by atoms with Gasteiger partial charge in [0.15, 0.2) is 0 Å². The van der Waals surface area contributed by atoms with Gasteiger partial charge in [0.2, 0.25) is 0 Å². The Labute approximate surface area is 127 Å². The van der Waals surface area contributed by atoms with Gasteiger partial charge in [-0.15, -0.1) is 0 Å². The monoisotopic (exact) mass is 287 g/mol. The fourth-order valence-electron chi connectivity index (χ4n) is 2.70. The lowest BCUT2D eigenvalue weighted by atomic mass is 9.93. The van der Waals surface area contributed by atoms with Crippen molar-refractivity contribution in [1.82, 2.24) is 5.32 Å². The zero-order chi connectivity index (χ0) is 14.9. The smallest absolute Gasteiger partial charge is 0.0589 e. The molecule has 20 heavy (non-hydrogen) atoms. The molecule has 2 aromatic rings. The number of halogens is 1. The Kier molecular flexibility index (Phi) is 4.52. The van der Waals surface area contributed by atoms with Gasteiger partial charge in [-0.05, 0) is 63.1 Å². The lowest BCUT2D eigenvalue weighted by Crippen LogP contribution is -2.18. The number of hydrogen-bond donors (Lipinski definition) is 1. The average molecular weight is 288 g/mol. The maximum Gasteiger partial charge on any atom is 0.0589 e. The highest BCUT2D eigenvalue weighted by molar-refractivity contribution is 6.31. The van der Waals surface area contributed by atoms with Gasteiger partial charge in [0.25, 0.3) is 0 Å². The first-order chi connectivity index (χ1) is 9.42. The van der Waals surface area contributed by atoms with Crippen LogP contribution in [0.2, 0.25) is 5.02 Å². The molecule has 0 bridgehead atoms. The van der Waals surface area contributed by atoms with Crippen LogP contribution in [0.5, 0.6) is 0 Å². The number of aryl methyl sites for hydroxylation is 4.